The SMILES string of the molecule is OC(CCl)CN(CC(O)CCl)c1ccc(Cl)cc1. The Morgan fingerprint density at radius 2 is 1.39 bits per heavy atom. The maximum atomic E-state index is 9.62. The minimum absolute atomic E-state index is 0.140. The third-order valence-corrected chi connectivity index (χ3v) is 3.37. The number of hydrogen-bond donors (Lipinski definition) is 2. The second-order valence-electron chi connectivity index (χ2n) is 4.00. The van der Waals surface area contributed by atoms with E-state index >= 15 is 0 Å². The molecule has 2 N–H and O–H groups in total. The van der Waals surface area contributed by atoms with Gasteiger partial charge in [-0.15, -0.1) is 23.2 Å². The molecule has 0 amide bonds. The van der Waals surface area contributed by atoms with Crippen molar-refractivity contribution in [3.63, 3.8) is 0 Å². The molecule has 0 aromatic heterocycles. The quantitative estimate of drug-likeness (QED) is 0.760. The van der Waals surface area contributed by atoms with E-state index in [4.69, 9.17) is 34.8 Å². The third-order valence-electron chi connectivity index (χ3n) is 2.41. The number of aliphatic hydroxyl groups excluding tert-OH is 2. The van der Waals surface area contributed by atoms with Crippen molar-refractivity contribution in [3.05, 3.63) is 29.3 Å². The zero-order chi connectivity index (χ0) is 13.5. The average molecular weight is 313 g/mol. The van der Waals surface area contributed by atoms with Gasteiger partial charge in [0, 0.05) is 23.8 Å². The molecule has 18 heavy (non-hydrogen) atoms. The van der Waals surface area contributed by atoms with Gasteiger partial charge >= 0.3 is 0 Å². The highest BCUT2D eigenvalue weighted by Gasteiger charge is 2.15. The molecule has 0 aliphatic heterocycles. The Hall–Kier alpha value is -0.190. The molecule has 2 atom stereocenters. The van der Waals surface area contributed by atoms with Crippen LogP contribution in [-0.2, 0) is 0 Å². The van der Waals surface area contributed by atoms with Crippen molar-refractivity contribution >= 4 is 40.5 Å². The summed E-state index contributed by atoms with van der Waals surface area (Å²) in [4.78, 5) is 1.83. The van der Waals surface area contributed by atoms with Crippen LogP contribution in [0.3, 0.4) is 0 Å². The van der Waals surface area contributed by atoms with Crippen LogP contribution in [0.15, 0.2) is 24.3 Å². The minimum atomic E-state index is -0.662. The van der Waals surface area contributed by atoms with E-state index in [-0.39, 0.29) is 11.8 Å². The van der Waals surface area contributed by atoms with E-state index < -0.39 is 12.2 Å². The summed E-state index contributed by atoms with van der Waals surface area (Å²) in [5, 5.41) is 19.9. The van der Waals surface area contributed by atoms with Gasteiger partial charge in [-0.05, 0) is 24.3 Å². The van der Waals surface area contributed by atoms with E-state index in [1.165, 1.54) is 0 Å². The smallest absolute Gasteiger partial charge is 0.0850 e. The van der Waals surface area contributed by atoms with Gasteiger partial charge in [0.15, 0.2) is 0 Å². The second-order valence-corrected chi connectivity index (χ2v) is 5.05. The van der Waals surface area contributed by atoms with Crippen molar-refractivity contribution in [3.8, 4) is 0 Å². The van der Waals surface area contributed by atoms with Crippen molar-refractivity contribution in [2.75, 3.05) is 29.7 Å². The zero-order valence-corrected chi connectivity index (χ0v) is 12.0. The first-order valence-electron chi connectivity index (χ1n) is 5.55. The molecule has 102 valence electrons. The van der Waals surface area contributed by atoms with Gasteiger partial charge in [-0.25, -0.2) is 0 Å². The summed E-state index contributed by atoms with van der Waals surface area (Å²) >= 11 is 17.0. The summed E-state index contributed by atoms with van der Waals surface area (Å²) in [6.45, 7) is 0.665. The number of nitrogens with zero attached hydrogens (tertiary/aromatic N) is 1. The lowest BCUT2D eigenvalue weighted by Gasteiger charge is -2.28. The van der Waals surface area contributed by atoms with Crippen LogP contribution in [0, 0.1) is 0 Å². The molecule has 2 unspecified atom stereocenters. The van der Waals surface area contributed by atoms with Crippen LogP contribution in [0.2, 0.25) is 5.02 Å². The number of rotatable bonds is 7. The maximum absolute atomic E-state index is 9.62. The molecular weight excluding hydrogens is 296 g/mol. The van der Waals surface area contributed by atoms with E-state index in [1.54, 1.807) is 12.1 Å². The number of halogens is 3. The third kappa shape index (κ3) is 5.21. The summed E-state index contributed by atoms with van der Waals surface area (Å²) in [5.74, 6) is 0.280. The van der Waals surface area contributed by atoms with Crippen LogP contribution in [-0.4, -0.2) is 47.3 Å². The predicted octanol–water partition coefficient (Wildman–Crippen LogP) is 2.35. The van der Waals surface area contributed by atoms with Crippen molar-refractivity contribution in [1.82, 2.24) is 0 Å². The van der Waals surface area contributed by atoms with Crippen LogP contribution >= 0.6 is 34.8 Å². The van der Waals surface area contributed by atoms with E-state index in [0.29, 0.717) is 18.1 Å². The Morgan fingerprint density at radius 1 is 0.944 bits per heavy atom. The summed E-state index contributed by atoms with van der Waals surface area (Å²) in [5.41, 5.74) is 0.854. The molecule has 0 aliphatic rings. The lowest BCUT2D eigenvalue weighted by atomic mass is 10.2. The van der Waals surface area contributed by atoms with Crippen LogP contribution in [0.5, 0.6) is 0 Å². The summed E-state index contributed by atoms with van der Waals surface area (Å²) in [6, 6.07) is 7.16. The first-order chi connectivity index (χ1) is 8.56. The first kappa shape index (κ1) is 15.9. The van der Waals surface area contributed by atoms with E-state index in [0.717, 1.165) is 5.69 Å². The van der Waals surface area contributed by atoms with Crippen molar-refractivity contribution in [2.24, 2.45) is 0 Å². The van der Waals surface area contributed by atoms with E-state index in [9.17, 15) is 10.2 Å². The second kappa shape index (κ2) is 8.08. The lowest BCUT2D eigenvalue weighted by molar-refractivity contribution is 0.181. The van der Waals surface area contributed by atoms with E-state index in [2.05, 4.69) is 0 Å². The Bertz CT molecular complexity index is 336. The summed E-state index contributed by atoms with van der Waals surface area (Å²) in [6.07, 6.45) is -1.32. The molecule has 0 saturated heterocycles. The standard InChI is InChI=1S/C12H16Cl3NO2/c13-5-11(17)7-16(8-12(18)6-14)10-3-1-9(15)2-4-10/h1-4,11-12,17-18H,5-8H2. The van der Waals surface area contributed by atoms with Crippen LogP contribution in [0.1, 0.15) is 0 Å². The topological polar surface area (TPSA) is 43.7 Å². The Kier molecular flexibility index (Phi) is 7.12. The highest BCUT2D eigenvalue weighted by Crippen LogP contribution is 2.19. The molecule has 1 rings (SSSR count). The van der Waals surface area contributed by atoms with Gasteiger partial charge in [0.25, 0.3) is 0 Å². The van der Waals surface area contributed by atoms with Crippen LogP contribution in [0.25, 0.3) is 0 Å². The zero-order valence-electron chi connectivity index (χ0n) is 9.77. The summed E-state index contributed by atoms with van der Waals surface area (Å²) < 4.78 is 0. The van der Waals surface area contributed by atoms with E-state index in [1.807, 2.05) is 17.0 Å². The van der Waals surface area contributed by atoms with Gasteiger partial charge in [-0.1, -0.05) is 11.6 Å². The fourth-order valence-corrected chi connectivity index (χ4v) is 1.86. The predicted molar refractivity (Wildman–Crippen MR) is 77.1 cm³/mol. The molecule has 1 aromatic rings. The lowest BCUT2D eigenvalue weighted by Crippen LogP contribution is -2.39. The molecule has 3 nitrogen and oxygen atoms in total. The van der Waals surface area contributed by atoms with Crippen LogP contribution in [0.4, 0.5) is 5.69 Å². The van der Waals surface area contributed by atoms with Crippen molar-refractivity contribution in [2.45, 2.75) is 12.2 Å². The molecule has 0 heterocycles. The highest BCUT2D eigenvalue weighted by atomic mass is 35.5. The van der Waals surface area contributed by atoms with Gasteiger partial charge < -0.3 is 15.1 Å². The molecule has 0 fully saturated rings. The molecular formula is C12H16Cl3NO2. The van der Waals surface area contributed by atoms with Crippen molar-refractivity contribution in [1.29, 1.82) is 0 Å². The minimum Gasteiger partial charge on any atom is -0.390 e. The van der Waals surface area contributed by atoms with Gasteiger partial charge in [0.1, 0.15) is 0 Å². The number of anilines is 1. The number of hydrogen-bond acceptors (Lipinski definition) is 3. The number of aliphatic hydroxyl groups is 2. The Balaban J connectivity index is 2.78. The van der Waals surface area contributed by atoms with Crippen molar-refractivity contribution < 1.29 is 10.2 Å². The largest absolute Gasteiger partial charge is 0.390 e. The monoisotopic (exact) mass is 311 g/mol. The molecule has 0 bridgehead atoms. The molecule has 0 spiro atoms. The molecule has 1 aromatic carbocycles. The Morgan fingerprint density at radius 3 is 1.78 bits per heavy atom. The van der Waals surface area contributed by atoms with Gasteiger partial charge in [0.05, 0.1) is 24.0 Å². The maximum Gasteiger partial charge on any atom is 0.0850 e. The van der Waals surface area contributed by atoms with Crippen LogP contribution < -0.4 is 4.90 Å². The van der Waals surface area contributed by atoms with Gasteiger partial charge in [0.2, 0.25) is 0 Å². The van der Waals surface area contributed by atoms with Gasteiger partial charge in [-0.2, -0.15) is 0 Å². The molecule has 0 aliphatic carbocycles. The fourth-order valence-electron chi connectivity index (χ4n) is 1.54. The number of alkyl halides is 2. The molecule has 0 radical (unpaired) electrons. The number of benzene rings is 1. The highest BCUT2D eigenvalue weighted by molar-refractivity contribution is 6.30. The first-order valence-corrected chi connectivity index (χ1v) is 7.00. The van der Waals surface area contributed by atoms with Gasteiger partial charge in [-0.3, -0.25) is 0 Å². The average Bonchev–Trinajstić information content (AvgIpc) is 2.38. The summed E-state index contributed by atoms with van der Waals surface area (Å²) in [7, 11) is 0. The Labute approximate surface area is 122 Å². The molecule has 6 heteroatoms. The fraction of sp³-hybridized carbons (Fsp3) is 0.500. The normalized spacial score (nSPS) is 14.3. The molecule has 0 saturated carbocycles.